The highest BCUT2D eigenvalue weighted by molar-refractivity contribution is 5.88. The molecule has 7 nitrogen and oxygen atoms in total. The quantitative estimate of drug-likeness (QED) is 0.572. The predicted octanol–water partition coefficient (Wildman–Crippen LogP) is 2.33. The first kappa shape index (κ1) is 27.9. The maximum Gasteiger partial charge on any atom is 0.336 e. The maximum atomic E-state index is 10.3. The van der Waals surface area contributed by atoms with E-state index in [1.54, 1.807) is 18.2 Å². The summed E-state index contributed by atoms with van der Waals surface area (Å²) >= 11 is 0. The van der Waals surface area contributed by atoms with Gasteiger partial charge in [0.15, 0.2) is 5.60 Å². The molecule has 0 spiro atoms. The SMILES string of the molecule is C=CC.C=CC.C=CC.O=C(O)CC(O)(CC(=O)O)C(=O)O. The van der Waals surface area contributed by atoms with Gasteiger partial charge in [-0.3, -0.25) is 9.59 Å². The van der Waals surface area contributed by atoms with Crippen molar-refractivity contribution in [2.75, 3.05) is 0 Å². The van der Waals surface area contributed by atoms with Gasteiger partial charge in [-0.25, -0.2) is 4.79 Å². The number of rotatable bonds is 5. The monoisotopic (exact) mass is 318 g/mol. The highest BCUT2D eigenvalue weighted by atomic mass is 16.4. The van der Waals surface area contributed by atoms with Crippen molar-refractivity contribution in [1.29, 1.82) is 0 Å². The van der Waals surface area contributed by atoms with Gasteiger partial charge in [-0.05, 0) is 20.8 Å². The summed E-state index contributed by atoms with van der Waals surface area (Å²) in [5, 5.41) is 33.8. The van der Waals surface area contributed by atoms with E-state index in [-0.39, 0.29) is 0 Å². The Morgan fingerprint density at radius 1 is 0.818 bits per heavy atom. The third-order valence-corrected chi connectivity index (χ3v) is 1.29. The van der Waals surface area contributed by atoms with Gasteiger partial charge in [0.2, 0.25) is 0 Å². The van der Waals surface area contributed by atoms with Crippen molar-refractivity contribution < 1.29 is 34.8 Å². The number of allylic oxidation sites excluding steroid dienone is 3. The van der Waals surface area contributed by atoms with Gasteiger partial charge in [-0.2, -0.15) is 0 Å². The second kappa shape index (κ2) is 18.6. The van der Waals surface area contributed by atoms with Crippen LogP contribution < -0.4 is 0 Å². The minimum Gasteiger partial charge on any atom is -0.481 e. The molecular formula is C15H26O7. The van der Waals surface area contributed by atoms with E-state index in [9.17, 15) is 14.4 Å². The van der Waals surface area contributed by atoms with Gasteiger partial charge in [0.05, 0.1) is 12.8 Å². The third kappa shape index (κ3) is 26.2. The standard InChI is InChI=1S/C6H8O7.3C3H6/c7-3(8)1-6(13,5(11)12)2-4(9)10;3*1-3-2/h13H,1-2H2,(H,7,8)(H,9,10)(H,11,12);3*3H,1H2,2H3. The summed E-state index contributed by atoms with van der Waals surface area (Å²) in [5.74, 6) is -5.02. The van der Waals surface area contributed by atoms with E-state index < -0.39 is 36.4 Å². The van der Waals surface area contributed by atoms with Gasteiger partial charge in [0.1, 0.15) is 0 Å². The van der Waals surface area contributed by atoms with E-state index in [0.29, 0.717) is 0 Å². The number of aliphatic carboxylic acids is 3. The van der Waals surface area contributed by atoms with Crippen LogP contribution in [0, 0.1) is 0 Å². The number of aliphatic hydroxyl groups is 1. The summed E-state index contributed by atoms with van der Waals surface area (Å²) in [6.45, 7) is 15.8. The Bertz CT molecular complexity index is 329. The first-order valence-electron chi connectivity index (χ1n) is 6.13. The fraction of sp³-hybridized carbons (Fsp3) is 0.400. The molecule has 0 aliphatic heterocycles. The molecule has 0 fully saturated rings. The Labute approximate surface area is 130 Å². The summed E-state index contributed by atoms with van der Waals surface area (Å²) in [6, 6.07) is 0. The molecule has 0 saturated heterocycles. The lowest BCUT2D eigenvalue weighted by Crippen LogP contribution is -2.42. The van der Waals surface area contributed by atoms with Gasteiger partial charge < -0.3 is 20.4 Å². The first-order chi connectivity index (χ1) is 10.0. The number of hydrogen-bond acceptors (Lipinski definition) is 4. The lowest BCUT2D eigenvalue weighted by molar-refractivity contribution is -0.170. The molecule has 0 bridgehead atoms. The summed E-state index contributed by atoms with van der Waals surface area (Å²) in [5.41, 5.74) is -2.74. The molecule has 0 aliphatic rings. The van der Waals surface area contributed by atoms with E-state index in [2.05, 4.69) is 19.7 Å². The number of hydrogen-bond donors (Lipinski definition) is 4. The van der Waals surface area contributed by atoms with Crippen molar-refractivity contribution in [2.45, 2.75) is 39.2 Å². The second-order valence-electron chi connectivity index (χ2n) is 3.70. The van der Waals surface area contributed by atoms with Crippen molar-refractivity contribution in [1.82, 2.24) is 0 Å². The fourth-order valence-electron chi connectivity index (χ4n) is 0.714. The van der Waals surface area contributed by atoms with Gasteiger partial charge in [-0.1, -0.05) is 18.2 Å². The smallest absolute Gasteiger partial charge is 0.336 e. The summed E-state index contributed by atoms with van der Waals surface area (Å²) in [7, 11) is 0. The van der Waals surface area contributed by atoms with Crippen LogP contribution in [0.4, 0.5) is 0 Å². The molecule has 128 valence electrons. The van der Waals surface area contributed by atoms with Crippen LogP contribution in [0.25, 0.3) is 0 Å². The van der Waals surface area contributed by atoms with Crippen LogP contribution in [0.1, 0.15) is 33.6 Å². The largest absolute Gasteiger partial charge is 0.481 e. The molecule has 0 saturated carbocycles. The third-order valence-electron chi connectivity index (χ3n) is 1.29. The number of carbonyl (C=O) groups is 3. The topological polar surface area (TPSA) is 132 Å². The zero-order chi connectivity index (χ0) is 18.8. The highest BCUT2D eigenvalue weighted by Crippen LogP contribution is 2.15. The molecule has 0 radical (unpaired) electrons. The molecule has 0 rings (SSSR count). The van der Waals surface area contributed by atoms with E-state index >= 15 is 0 Å². The average molecular weight is 318 g/mol. The molecular weight excluding hydrogens is 292 g/mol. The van der Waals surface area contributed by atoms with Crippen LogP contribution in [-0.4, -0.2) is 43.9 Å². The predicted molar refractivity (Wildman–Crippen MR) is 84.7 cm³/mol. The Kier molecular flexibility index (Phi) is 23.5. The molecule has 0 heterocycles. The van der Waals surface area contributed by atoms with E-state index in [4.69, 9.17) is 20.4 Å². The Hall–Kier alpha value is -2.41. The molecule has 0 aromatic carbocycles. The van der Waals surface area contributed by atoms with Gasteiger partial charge in [0, 0.05) is 0 Å². The number of carboxylic acids is 3. The molecule has 0 amide bonds. The molecule has 0 aromatic heterocycles. The summed E-state index contributed by atoms with van der Waals surface area (Å²) < 4.78 is 0. The molecule has 7 heteroatoms. The average Bonchev–Trinajstić information content (AvgIpc) is 2.29. The number of carboxylic acid groups (broad SMARTS) is 3. The van der Waals surface area contributed by atoms with Crippen LogP contribution >= 0.6 is 0 Å². The maximum absolute atomic E-state index is 10.3. The molecule has 4 N–H and O–H groups in total. The zero-order valence-electron chi connectivity index (χ0n) is 13.3. The van der Waals surface area contributed by atoms with Crippen LogP contribution in [0.3, 0.4) is 0 Å². The molecule has 0 unspecified atom stereocenters. The summed E-state index contributed by atoms with van der Waals surface area (Å²) in [4.78, 5) is 30.5. The Morgan fingerprint density at radius 2 is 1.00 bits per heavy atom. The van der Waals surface area contributed by atoms with Gasteiger partial charge in [0.25, 0.3) is 0 Å². The van der Waals surface area contributed by atoms with E-state index in [0.717, 1.165) is 0 Å². The van der Waals surface area contributed by atoms with Gasteiger partial charge in [-0.15, -0.1) is 19.7 Å². The van der Waals surface area contributed by atoms with E-state index in [1.165, 1.54) is 0 Å². The minimum atomic E-state index is -2.74. The van der Waals surface area contributed by atoms with Crippen molar-refractivity contribution in [3.8, 4) is 0 Å². The van der Waals surface area contributed by atoms with Crippen LogP contribution in [0.2, 0.25) is 0 Å². The summed E-state index contributed by atoms with van der Waals surface area (Å²) in [6.07, 6.45) is 2.96. The van der Waals surface area contributed by atoms with Crippen LogP contribution in [0.15, 0.2) is 38.0 Å². The van der Waals surface area contributed by atoms with Crippen LogP contribution in [0.5, 0.6) is 0 Å². The zero-order valence-corrected chi connectivity index (χ0v) is 13.3. The lowest BCUT2D eigenvalue weighted by atomic mass is 9.96. The van der Waals surface area contributed by atoms with Gasteiger partial charge >= 0.3 is 17.9 Å². The van der Waals surface area contributed by atoms with Crippen molar-refractivity contribution in [3.63, 3.8) is 0 Å². The van der Waals surface area contributed by atoms with Crippen LogP contribution in [-0.2, 0) is 14.4 Å². The Morgan fingerprint density at radius 3 is 1.09 bits per heavy atom. The van der Waals surface area contributed by atoms with Crippen molar-refractivity contribution in [2.24, 2.45) is 0 Å². The molecule has 0 atom stereocenters. The fourth-order valence-corrected chi connectivity index (χ4v) is 0.714. The lowest BCUT2D eigenvalue weighted by Gasteiger charge is -2.18. The molecule has 0 aromatic rings. The molecule has 0 aliphatic carbocycles. The first-order valence-corrected chi connectivity index (χ1v) is 6.13. The van der Waals surface area contributed by atoms with Crippen molar-refractivity contribution >= 4 is 17.9 Å². The minimum absolute atomic E-state index is 1.14. The molecule has 22 heavy (non-hydrogen) atoms. The van der Waals surface area contributed by atoms with E-state index in [1.807, 2.05) is 20.8 Å². The van der Waals surface area contributed by atoms with Crippen molar-refractivity contribution in [3.05, 3.63) is 38.0 Å². The normalized spacial score (nSPS) is 8.18. The Balaban J connectivity index is -0.000000148. The highest BCUT2D eigenvalue weighted by Gasteiger charge is 2.40. The second-order valence-corrected chi connectivity index (χ2v) is 3.70.